The number of esters is 1. The first kappa shape index (κ1) is 16.9. The second-order valence-corrected chi connectivity index (χ2v) is 5.29. The lowest BCUT2D eigenvalue weighted by Crippen LogP contribution is -2.37. The standard InChI is InChI=1S/C13H26N2O3/c1-6-8-15(10-11(16)14-5)9-7-12(17)18-13(2,3)4/h6-10H2,1-5H3,(H,14,16). The highest BCUT2D eigenvalue weighted by Crippen LogP contribution is 2.08. The molecule has 0 fully saturated rings. The van der Waals surface area contributed by atoms with Gasteiger partial charge in [0.2, 0.25) is 5.91 Å². The van der Waals surface area contributed by atoms with Crippen LogP contribution in [0.4, 0.5) is 0 Å². The van der Waals surface area contributed by atoms with E-state index < -0.39 is 5.60 Å². The molecule has 0 saturated carbocycles. The predicted molar refractivity (Wildman–Crippen MR) is 71.3 cm³/mol. The van der Waals surface area contributed by atoms with Crippen LogP contribution in [0, 0.1) is 0 Å². The van der Waals surface area contributed by atoms with Crippen LogP contribution in [-0.2, 0) is 14.3 Å². The van der Waals surface area contributed by atoms with Crippen LogP contribution in [0.1, 0.15) is 40.5 Å². The van der Waals surface area contributed by atoms with Crippen molar-refractivity contribution in [2.75, 3.05) is 26.7 Å². The third-order valence-electron chi connectivity index (χ3n) is 2.24. The van der Waals surface area contributed by atoms with Crippen molar-refractivity contribution in [2.24, 2.45) is 0 Å². The zero-order chi connectivity index (χ0) is 14.2. The summed E-state index contributed by atoms with van der Waals surface area (Å²) >= 11 is 0. The zero-order valence-electron chi connectivity index (χ0n) is 12.2. The number of hydrogen-bond acceptors (Lipinski definition) is 4. The van der Waals surface area contributed by atoms with Crippen molar-refractivity contribution in [2.45, 2.75) is 46.1 Å². The summed E-state index contributed by atoms with van der Waals surface area (Å²) in [6.07, 6.45) is 1.26. The van der Waals surface area contributed by atoms with E-state index in [0.717, 1.165) is 13.0 Å². The zero-order valence-corrected chi connectivity index (χ0v) is 12.2. The maximum absolute atomic E-state index is 11.6. The second kappa shape index (κ2) is 8.08. The van der Waals surface area contributed by atoms with E-state index in [1.54, 1.807) is 7.05 Å². The van der Waals surface area contributed by atoms with E-state index in [1.807, 2.05) is 32.6 Å². The SMILES string of the molecule is CCCN(CCC(=O)OC(C)(C)C)CC(=O)NC. The number of ether oxygens (including phenoxy) is 1. The Bertz CT molecular complexity index is 272. The number of carbonyl (C=O) groups is 2. The molecule has 0 spiro atoms. The van der Waals surface area contributed by atoms with Crippen LogP contribution in [0.5, 0.6) is 0 Å². The average Bonchev–Trinajstić information content (AvgIpc) is 2.23. The van der Waals surface area contributed by atoms with Gasteiger partial charge in [0.15, 0.2) is 0 Å². The van der Waals surface area contributed by atoms with Gasteiger partial charge in [-0.25, -0.2) is 0 Å². The molecule has 0 aromatic heterocycles. The summed E-state index contributed by atoms with van der Waals surface area (Å²) in [7, 11) is 1.61. The van der Waals surface area contributed by atoms with Crippen molar-refractivity contribution in [3.63, 3.8) is 0 Å². The van der Waals surface area contributed by atoms with Gasteiger partial charge in [0, 0.05) is 13.6 Å². The second-order valence-electron chi connectivity index (χ2n) is 5.29. The van der Waals surface area contributed by atoms with Crippen molar-refractivity contribution in [3.05, 3.63) is 0 Å². The summed E-state index contributed by atoms with van der Waals surface area (Å²) in [5.41, 5.74) is -0.451. The normalized spacial score (nSPS) is 11.4. The summed E-state index contributed by atoms with van der Waals surface area (Å²) in [6, 6.07) is 0. The monoisotopic (exact) mass is 258 g/mol. The predicted octanol–water partition coefficient (Wildman–Crippen LogP) is 1.18. The van der Waals surface area contributed by atoms with E-state index in [9.17, 15) is 9.59 Å². The highest BCUT2D eigenvalue weighted by molar-refractivity contribution is 5.77. The fourth-order valence-electron chi connectivity index (χ4n) is 1.51. The Kier molecular flexibility index (Phi) is 7.59. The van der Waals surface area contributed by atoms with E-state index in [2.05, 4.69) is 5.32 Å². The van der Waals surface area contributed by atoms with Crippen molar-refractivity contribution in [1.82, 2.24) is 10.2 Å². The molecule has 0 atom stereocenters. The summed E-state index contributed by atoms with van der Waals surface area (Å²) in [6.45, 7) is 9.27. The van der Waals surface area contributed by atoms with Gasteiger partial charge in [-0.1, -0.05) is 6.92 Å². The lowest BCUT2D eigenvalue weighted by molar-refractivity contribution is -0.155. The Hall–Kier alpha value is -1.10. The average molecular weight is 258 g/mol. The minimum absolute atomic E-state index is 0.0346. The summed E-state index contributed by atoms with van der Waals surface area (Å²) in [5.74, 6) is -0.256. The number of rotatable bonds is 7. The number of amides is 1. The first-order valence-corrected chi connectivity index (χ1v) is 6.43. The Morgan fingerprint density at radius 1 is 1.22 bits per heavy atom. The van der Waals surface area contributed by atoms with Crippen molar-refractivity contribution in [3.8, 4) is 0 Å². The van der Waals surface area contributed by atoms with E-state index in [0.29, 0.717) is 19.5 Å². The molecule has 0 aliphatic heterocycles. The molecule has 0 aliphatic rings. The Morgan fingerprint density at radius 2 is 1.83 bits per heavy atom. The Labute approximate surface area is 110 Å². The van der Waals surface area contributed by atoms with Crippen LogP contribution < -0.4 is 5.32 Å². The largest absolute Gasteiger partial charge is 0.460 e. The van der Waals surface area contributed by atoms with Crippen LogP contribution in [0.3, 0.4) is 0 Å². The van der Waals surface area contributed by atoms with E-state index in [4.69, 9.17) is 4.74 Å². The summed E-state index contributed by atoms with van der Waals surface area (Å²) in [4.78, 5) is 24.8. The maximum Gasteiger partial charge on any atom is 0.307 e. The molecule has 0 unspecified atom stereocenters. The van der Waals surface area contributed by atoms with Gasteiger partial charge in [0.05, 0.1) is 13.0 Å². The van der Waals surface area contributed by atoms with Crippen molar-refractivity contribution in [1.29, 1.82) is 0 Å². The number of nitrogens with one attached hydrogen (secondary N) is 1. The lowest BCUT2D eigenvalue weighted by Gasteiger charge is -2.23. The molecule has 0 aromatic rings. The molecule has 0 saturated heterocycles. The van der Waals surface area contributed by atoms with E-state index >= 15 is 0 Å². The molecule has 0 bridgehead atoms. The van der Waals surface area contributed by atoms with Crippen LogP contribution in [0.2, 0.25) is 0 Å². The molecular weight excluding hydrogens is 232 g/mol. The van der Waals surface area contributed by atoms with Crippen LogP contribution in [0.25, 0.3) is 0 Å². The van der Waals surface area contributed by atoms with E-state index in [-0.39, 0.29) is 11.9 Å². The van der Waals surface area contributed by atoms with Gasteiger partial charge in [0.1, 0.15) is 5.60 Å². The lowest BCUT2D eigenvalue weighted by atomic mass is 10.2. The van der Waals surface area contributed by atoms with Gasteiger partial charge in [-0.2, -0.15) is 0 Å². The fraction of sp³-hybridized carbons (Fsp3) is 0.846. The first-order chi connectivity index (χ1) is 8.28. The highest BCUT2D eigenvalue weighted by Gasteiger charge is 2.17. The maximum atomic E-state index is 11.6. The molecule has 1 N–H and O–H groups in total. The van der Waals surface area contributed by atoms with E-state index in [1.165, 1.54) is 0 Å². The van der Waals surface area contributed by atoms with Gasteiger partial charge in [-0.05, 0) is 33.7 Å². The molecule has 106 valence electrons. The van der Waals surface area contributed by atoms with Crippen LogP contribution in [0.15, 0.2) is 0 Å². The topological polar surface area (TPSA) is 58.6 Å². The molecule has 1 amide bonds. The quantitative estimate of drug-likeness (QED) is 0.697. The molecular formula is C13H26N2O3. The van der Waals surface area contributed by atoms with Gasteiger partial charge in [-0.15, -0.1) is 0 Å². The molecule has 0 heterocycles. The van der Waals surface area contributed by atoms with Crippen LogP contribution >= 0.6 is 0 Å². The molecule has 5 heteroatoms. The first-order valence-electron chi connectivity index (χ1n) is 6.43. The Morgan fingerprint density at radius 3 is 2.28 bits per heavy atom. The van der Waals surface area contributed by atoms with Gasteiger partial charge >= 0.3 is 5.97 Å². The third-order valence-corrected chi connectivity index (χ3v) is 2.24. The molecule has 0 aromatic carbocycles. The van der Waals surface area contributed by atoms with Gasteiger partial charge in [-0.3, -0.25) is 14.5 Å². The molecule has 0 aliphatic carbocycles. The Balaban J connectivity index is 4.10. The number of hydrogen-bond donors (Lipinski definition) is 1. The third kappa shape index (κ3) is 8.98. The number of likely N-dealkylation sites (N-methyl/N-ethyl adjacent to an activating group) is 1. The molecule has 0 radical (unpaired) electrons. The summed E-state index contributed by atoms with van der Waals surface area (Å²) in [5, 5.41) is 2.58. The fourth-order valence-corrected chi connectivity index (χ4v) is 1.51. The summed E-state index contributed by atoms with van der Waals surface area (Å²) < 4.78 is 5.23. The smallest absolute Gasteiger partial charge is 0.307 e. The number of carbonyl (C=O) groups excluding carboxylic acids is 2. The molecule has 18 heavy (non-hydrogen) atoms. The highest BCUT2D eigenvalue weighted by atomic mass is 16.6. The van der Waals surface area contributed by atoms with Gasteiger partial charge < -0.3 is 10.1 Å². The van der Waals surface area contributed by atoms with Gasteiger partial charge in [0.25, 0.3) is 0 Å². The van der Waals surface area contributed by atoms with Crippen molar-refractivity contribution < 1.29 is 14.3 Å². The minimum atomic E-state index is -0.451. The molecule has 5 nitrogen and oxygen atoms in total. The van der Waals surface area contributed by atoms with Crippen LogP contribution in [-0.4, -0.2) is 49.1 Å². The number of nitrogens with zero attached hydrogens (tertiary/aromatic N) is 1. The minimum Gasteiger partial charge on any atom is -0.460 e. The molecule has 0 rings (SSSR count). The van der Waals surface area contributed by atoms with Crippen molar-refractivity contribution >= 4 is 11.9 Å².